The largest absolute Gasteiger partial charge is 0.481 e. The molecule has 0 spiro atoms. The van der Waals surface area contributed by atoms with Crippen LogP contribution in [0.2, 0.25) is 0 Å². The van der Waals surface area contributed by atoms with Gasteiger partial charge in [0, 0.05) is 19.6 Å². The van der Waals surface area contributed by atoms with Gasteiger partial charge in [0.25, 0.3) is 0 Å². The highest BCUT2D eigenvalue weighted by Gasteiger charge is 2.34. The van der Waals surface area contributed by atoms with E-state index in [9.17, 15) is 9.59 Å². The number of carboxylic acids is 1. The molecule has 0 aliphatic heterocycles. The Morgan fingerprint density at radius 1 is 1.40 bits per heavy atom. The molecule has 1 heterocycles. The van der Waals surface area contributed by atoms with Gasteiger partial charge in [-0.2, -0.15) is 0 Å². The van der Waals surface area contributed by atoms with Crippen LogP contribution in [0.1, 0.15) is 30.8 Å². The number of aryl methyl sites for hydroxylation is 1. The minimum absolute atomic E-state index is 0.0179. The van der Waals surface area contributed by atoms with E-state index in [-0.39, 0.29) is 25.0 Å². The van der Waals surface area contributed by atoms with Gasteiger partial charge >= 0.3 is 12.0 Å². The number of hydrogen-bond acceptors (Lipinski definition) is 3. The summed E-state index contributed by atoms with van der Waals surface area (Å²) < 4.78 is 5.45. The van der Waals surface area contributed by atoms with Crippen molar-refractivity contribution in [2.75, 3.05) is 13.6 Å². The first-order chi connectivity index (χ1) is 9.47. The minimum atomic E-state index is -0.882. The zero-order chi connectivity index (χ0) is 14.7. The van der Waals surface area contributed by atoms with Crippen LogP contribution in [0.4, 0.5) is 4.79 Å². The monoisotopic (exact) mass is 280 g/mol. The van der Waals surface area contributed by atoms with Gasteiger partial charge in [-0.05, 0) is 31.9 Å². The third-order valence-corrected chi connectivity index (χ3v) is 3.32. The molecule has 1 fully saturated rings. The highest BCUT2D eigenvalue weighted by Crippen LogP contribution is 2.28. The van der Waals surface area contributed by atoms with Crippen molar-refractivity contribution in [3.63, 3.8) is 0 Å². The van der Waals surface area contributed by atoms with E-state index in [0.717, 1.165) is 24.4 Å². The van der Waals surface area contributed by atoms with Crippen molar-refractivity contribution in [1.82, 2.24) is 9.80 Å². The van der Waals surface area contributed by atoms with E-state index in [0.29, 0.717) is 6.54 Å². The van der Waals surface area contributed by atoms with Crippen molar-refractivity contribution >= 4 is 12.0 Å². The topological polar surface area (TPSA) is 74.0 Å². The molecular weight excluding hydrogens is 260 g/mol. The first kappa shape index (κ1) is 14.4. The second-order valence-electron chi connectivity index (χ2n) is 5.22. The summed E-state index contributed by atoms with van der Waals surface area (Å²) in [5.41, 5.74) is 0. The fraction of sp³-hybridized carbons (Fsp3) is 0.571. The predicted octanol–water partition coefficient (Wildman–Crippen LogP) is 2.08. The Morgan fingerprint density at radius 2 is 2.10 bits per heavy atom. The molecule has 6 nitrogen and oxygen atoms in total. The Kier molecular flexibility index (Phi) is 4.32. The van der Waals surface area contributed by atoms with Crippen LogP contribution in [0, 0.1) is 6.92 Å². The van der Waals surface area contributed by atoms with Gasteiger partial charge in [-0.25, -0.2) is 4.79 Å². The molecule has 1 aliphatic carbocycles. The minimum Gasteiger partial charge on any atom is -0.481 e. The summed E-state index contributed by atoms with van der Waals surface area (Å²) in [4.78, 5) is 26.3. The Morgan fingerprint density at radius 3 is 2.60 bits per heavy atom. The first-order valence-corrected chi connectivity index (χ1v) is 6.76. The van der Waals surface area contributed by atoms with Gasteiger partial charge in [0.05, 0.1) is 13.0 Å². The number of amides is 2. The lowest BCUT2D eigenvalue weighted by atomic mass is 10.3. The number of aliphatic carboxylic acids is 1. The van der Waals surface area contributed by atoms with Crippen molar-refractivity contribution in [2.45, 2.75) is 38.8 Å². The van der Waals surface area contributed by atoms with Gasteiger partial charge in [0.2, 0.25) is 0 Å². The molecule has 0 aromatic carbocycles. The number of carbonyl (C=O) groups excluding carboxylic acids is 1. The van der Waals surface area contributed by atoms with E-state index >= 15 is 0 Å². The molecule has 0 bridgehead atoms. The van der Waals surface area contributed by atoms with Crippen molar-refractivity contribution in [1.29, 1.82) is 0 Å². The van der Waals surface area contributed by atoms with Crippen LogP contribution < -0.4 is 0 Å². The smallest absolute Gasteiger partial charge is 0.320 e. The molecule has 2 rings (SSSR count). The summed E-state index contributed by atoms with van der Waals surface area (Å²) in [6, 6.07) is 3.76. The second kappa shape index (κ2) is 5.98. The molecule has 1 N–H and O–H groups in total. The van der Waals surface area contributed by atoms with Crippen LogP contribution in [0.3, 0.4) is 0 Å². The lowest BCUT2D eigenvalue weighted by molar-refractivity contribution is -0.137. The number of rotatable bonds is 6. The maximum atomic E-state index is 12.4. The van der Waals surface area contributed by atoms with Gasteiger partial charge in [0.1, 0.15) is 11.5 Å². The number of furan rings is 1. The molecule has 110 valence electrons. The SMILES string of the molecule is Cc1ccc(CN(C)C(=O)N(CCC(=O)O)C2CC2)o1. The Hall–Kier alpha value is -1.98. The van der Waals surface area contributed by atoms with Crippen molar-refractivity contribution in [3.8, 4) is 0 Å². The summed E-state index contributed by atoms with van der Waals surface area (Å²) >= 11 is 0. The van der Waals surface area contributed by atoms with E-state index in [1.807, 2.05) is 19.1 Å². The fourth-order valence-corrected chi connectivity index (χ4v) is 2.13. The molecule has 0 radical (unpaired) electrons. The molecule has 0 atom stereocenters. The van der Waals surface area contributed by atoms with E-state index in [4.69, 9.17) is 9.52 Å². The lowest BCUT2D eigenvalue weighted by Crippen LogP contribution is -2.43. The summed E-state index contributed by atoms with van der Waals surface area (Å²) in [5, 5.41) is 8.76. The van der Waals surface area contributed by atoms with E-state index in [1.54, 1.807) is 16.8 Å². The zero-order valence-electron chi connectivity index (χ0n) is 11.8. The van der Waals surface area contributed by atoms with Crippen molar-refractivity contribution in [2.24, 2.45) is 0 Å². The normalized spacial score (nSPS) is 14.1. The molecule has 20 heavy (non-hydrogen) atoms. The zero-order valence-corrected chi connectivity index (χ0v) is 11.8. The number of hydrogen-bond donors (Lipinski definition) is 1. The van der Waals surface area contributed by atoms with Crippen molar-refractivity contribution in [3.05, 3.63) is 23.7 Å². The van der Waals surface area contributed by atoms with E-state index < -0.39 is 5.97 Å². The molecule has 1 aromatic rings. The standard InChI is InChI=1S/C14H20N2O4/c1-10-3-6-12(20-10)9-15(2)14(19)16(11-4-5-11)8-7-13(17)18/h3,6,11H,4-5,7-9H2,1-2H3,(H,17,18). The molecule has 0 unspecified atom stereocenters. The number of carboxylic acid groups (broad SMARTS) is 1. The second-order valence-corrected chi connectivity index (χ2v) is 5.22. The molecule has 1 aliphatic rings. The summed E-state index contributed by atoms with van der Waals surface area (Å²) in [5.74, 6) is 0.658. The number of nitrogens with zero attached hydrogens (tertiary/aromatic N) is 2. The Balaban J connectivity index is 1.93. The van der Waals surface area contributed by atoms with E-state index in [1.165, 1.54) is 0 Å². The lowest BCUT2D eigenvalue weighted by Gasteiger charge is -2.27. The molecule has 0 saturated heterocycles. The molecule has 2 amide bonds. The number of carbonyl (C=O) groups is 2. The van der Waals surface area contributed by atoms with Crippen LogP contribution in [-0.4, -0.2) is 46.5 Å². The summed E-state index contributed by atoms with van der Waals surface area (Å²) in [6.45, 7) is 2.51. The van der Waals surface area contributed by atoms with Crippen LogP contribution in [0.25, 0.3) is 0 Å². The Labute approximate surface area is 118 Å². The Bertz CT molecular complexity index is 493. The fourth-order valence-electron chi connectivity index (χ4n) is 2.13. The maximum Gasteiger partial charge on any atom is 0.320 e. The predicted molar refractivity (Wildman–Crippen MR) is 72.3 cm³/mol. The first-order valence-electron chi connectivity index (χ1n) is 6.76. The third-order valence-electron chi connectivity index (χ3n) is 3.32. The van der Waals surface area contributed by atoms with Crippen molar-refractivity contribution < 1.29 is 19.1 Å². The van der Waals surface area contributed by atoms with Crippen LogP contribution in [-0.2, 0) is 11.3 Å². The van der Waals surface area contributed by atoms with Gasteiger partial charge in [-0.3, -0.25) is 4.79 Å². The number of urea groups is 1. The van der Waals surface area contributed by atoms with E-state index in [2.05, 4.69) is 0 Å². The molecular formula is C14H20N2O4. The third kappa shape index (κ3) is 3.76. The molecule has 6 heteroatoms. The van der Waals surface area contributed by atoms with Crippen LogP contribution >= 0.6 is 0 Å². The highest BCUT2D eigenvalue weighted by atomic mass is 16.4. The molecule has 1 aromatic heterocycles. The van der Waals surface area contributed by atoms with Gasteiger partial charge in [-0.1, -0.05) is 0 Å². The summed E-state index contributed by atoms with van der Waals surface area (Å²) in [6.07, 6.45) is 1.90. The maximum absolute atomic E-state index is 12.4. The highest BCUT2D eigenvalue weighted by molar-refractivity contribution is 5.76. The average molecular weight is 280 g/mol. The van der Waals surface area contributed by atoms with Gasteiger partial charge in [-0.15, -0.1) is 0 Å². The average Bonchev–Trinajstić information content (AvgIpc) is 3.13. The van der Waals surface area contributed by atoms with Crippen LogP contribution in [0.5, 0.6) is 0 Å². The quantitative estimate of drug-likeness (QED) is 0.865. The summed E-state index contributed by atoms with van der Waals surface area (Å²) in [7, 11) is 1.70. The van der Waals surface area contributed by atoms with Crippen LogP contribution in [0.15, 0.2) is 16.5 Å². The molecule has 1 saturated carbocycles. The van der Waals surface area contributed by atoms with Gasteiger partial charge < -0.3 is 19.3 Å². The van der Waals surface area contributed by atoms with Gasteiger partial charge in [0.15, 0.2) is 0 Å².